The molecule has 1 heterocycles. The molecule has 0 spiro atoms. The van der Waals surface area contributed by atoms with Crippen LogP contribution in [-0.2, 0) is 14.3 Å². The highest BCUT2D eigenvalue weighted by Gasteiger charge is 2.44. The first kappa shape index (κ1) is 48.9. The zero-order chi connectivity index (χ0) is 38.8. The maximum absolute atomic E-state index is 12.9. The van der Waals surface area contributed by atoms with Crippen LogP contribution in [-0.4, -0.2) is 87.5 Å². The average Bonchev–Trinajstić information content (AvgIpc) is 3.16. The van der Waals surface area contributed by atoms with Crippen LogP contribution in [0.25, 0.3) is 0 Å². The third kappa shape index (κ3) is 25.6. The Balaban J connectivity index is 2.27. The normalized spacial score (nSPS) is 22.3. The molecule has 0 saturated carbocycles. The Bertz CT molecular complexity index is 1010. The standard InChI is InChI=1S/C44H77NO8/c1-3-5-7-9-11-12-13-14-15-16-17-18-19-20-21-22-23-24-25-26-28-30-32-34-40(48)45-37(38(47)33-31-29-27-10-8-6-4-2)36-52-44-43(51)42(50)41(49)39(35-46)53-44/h8,10,13-14,16-17,19-20,31,33,37-39,41-44,46-47,49-51H,3-7,9,11-12,15,18,21-30,32,34-36H2,1-2H3,(H,45,48)/b10-8+,14-13-,17-16-,20-19-,33-31+. The number of nitrogens with one attached hydrogen (secondary N) is 1. The van der Waals surface area contributed by atoms with Crippen LogP contribution in [0.1, 0.15) is 155 Å². The van der Waals surface area contributed by atoms with E-state index in [2.05, 4.69) is 67.8 Å². The van der Waals surface area contributed by atoms with Crippen LogP contribution in [0.5, 0.6) is 0 Å². The van der Waals surface area contributed by atoms with E-state index in [1.807, 2.05) is 6.08 Å². The smallest absolute Gasteiger partial charge is 0.220 e. The molecule has 306 valence electrons. The molecule has 1 aliphatic heterocycles. The van der Waals surface area contributed by atoms with Crippen LogP contribution in [0.2, 0.25) is 0 Å². The van der Waals surface area contributed by atoms with Gasteiger partial charge in [0.2, 0.25) is 5.91 Å². The number of hydrogen-bond donors (Lipinski definition) is 6. The maximum Gasteiger partial charge on any atom is 0.220 e. The van der Waals surface area contributed by atoms with Gasteiger partial charge in [-0.2, -0.15) is 0 Å². The van der Waals surface area contributed by atoms with E-state index in [4.69, 9.17) is 9.47 Å². The Morgan fingerprint density at radius 2 is 1.17 bits per heavy atom. The highest BCUT2D eigenvalue weighted by Crippen LogP contribution is 2.22. The third-order valence-corrected chi connectivity index (χ3v) is 9.55. The predicted molar refractivity (Wildman–Crippen MR) is 216 cm³/mol. The largest absolute Gasteiger partial charge is 0.394 e. The van der Waals surface area contributed by atoms with Crippen molar-refractivity contribution in [1.82, 2.24) is 5.32 Å². The van der Waals surface area contributed by atoms with E-state index in [1.165, 1.54) is 64.2 Å². The molecule has 1 fully saturated rings. The van der Waals surface area contributed by atoms with Gasteiger partial charge in [-0.25, -0.2) is 0 Å². The van der Waals surface area contributed by atoms with Crippen molar-refractivity contribution in [2.45, 2.75) is 198 Å². The van der Waals surface area contributed by atoms with Crippen molar-refractivity contribution < 1.29 is 39.8 Å². The Morgan fingerprint density at radius 3 is 1.77 bits per heavy atom. The monoisotopic (exact) mass is 748 g/mol. The molecule has 9 nitrogen and oxygen atoms in total. The Hall–Kier alpha value is -2.11. The lowest BCUT2D eigenvalue weighted by molar-refractivity contribution is -0.302. The van der Waals surface area contributed by atoms with Crippen molar-refractivity contribution in [1.29, 1.82) is 0 Å². The highest BCUT2D eigenvalue weighted by molar-refractivity contribution is 5.76. The van der Waals surface area contributed by atoms with Crippen LogP contribution >= 0.6 is 0 Å². The van der Waals surface area contributed by atoms with Crippen molar-refractivity contribution >= 4 is 5.91 Å². The molecule has 0 bridgehead atoms. The summed E-state index contributed by atoms with van der Waals surface area (Å²) in [6.45, 7) is 3.60. The molecule has 7 atom stereocenters. The predicted octanol–water partition coefficient (Wildman–Crippen LogP) is 8.05. The molecule has 0 radical (unpaired) electrons. The molecule has 1 amide bonds. The van der Waals surface area contributed by atoms with Crippen LogP contribution in [0.4, 0.5) is 0 Å². The second-order valence-corrected chi connectivity index (χ2v) is 14.4. The van der Waals surface area contributed by atoms with E-state index >= 15 is 0 Å². The number of ether oxygens (including phenoxy) is 2. The minimum atomic E-state index is -1.57. The van der Waals surface area contributed by atoms with E-state index in [1.54, 1.807) is 6.08 Å². The summed E-state index contributed by atoms with van der Waals surface area (Å²) in [7, 11) is 0. The van der Waals surface area contributed by atoms with Gasteiger partial charge < -0.3 is 40.3 Å². The van der Waals surface area contributed by atoms with Gasteiger partial charge in [0.1, 0.15) is 24.4 Å². The zero-order valence-electron chi connectivity index (χ0n) is 33.2. The van der Waals surface area contributed by atoms with Crippen molar-refractivity contribution in [3.05, 3.63) is 60.8 Å². The molecule has 1 rings (SSSR count). The second-order valence-electron chi connectivity index (χ2n) is 14.4. The fraction of sp³-hybridized carbons (Fsp3) is 0.750. The van der Waals surface area contributed by atoms with Gasteiger partial charge in [-0.05, 0) is 64.2 Å². The quantitative estimate of drug-likeness (QED) is 0.0292. The fourth-order valence-corrected chi connectivity index (χ4v) is 6.12. The maximum atomic E-state index is 12.9. The number of amides is 1. The zero-order valence-corrected chi connectivity index (χ0v) is 33.2. The van der Waals surface area contributed by atoms with Gasteiger partial charge in [-0.1, -0.05) is 145 Å². The first-order valence-electron chi connectivity index (χ1n) is 21.0. The van der Waals surface area contributed by atoms with Gasteiger partial charge in [0.15, 0.2) is 6.29 Å². The van der Waals surface area contributed by atoms with Gasteiger partial charge in [0, 0.05) is 6.42 Å². The lowest BCUT2D eigenvalue weighted by Crippen LogP contribution is -2.60. The first-order chi connectivity index (χ1) is 25.8. The summed E-state index contributed by atoms with van der Waals surface area (Å²) < 4.78 is 11.1. The number of carbonyl (C=O) groups excluding carboxylic acids is 1. The number of aliphatic hydroxyl groups excluding tert-OH is 5. The number of carbonyl (C=O) groups is 1. The summed E-state index contributed by atoms with van der Waals surface area (Å²) >= 11 is 0. The minimum absolute atomic E-state index is 0.203. The van der Waals surface area contributed by atoms with E-state index in [0.29, 0.717) is 6.42 Å². The number of unbranched alkanes of at least 4 members (excludes halogenated alkanes) is 15. The molecule has 6 N–H and O–H groups in total. The van der Waals surface area contributed by atoms with Crippen molar-refractivity contribution in [2.75, 3.05) is 13.2 Å². The first-order valence-corrected chi connectivity index (χ1v) is 21.0. The van der Waals surface area contributed by atoms with E-state index < -0.39 is 49.5 Å². The summed E-state index contributed by atoms with van der Waals surface area (Å²) in [5.74, 6) is -0.203. The topological polar surface area (TPSA) is 149 Å². The molecule has 0 aromatic heterocycles. The molecule has 1 aliphatic rings. The lowest BCUT2D eigenvalue weighted by Gasteiger charge is -2.40. The van der Waals surface area contributed by atoms with Gasteiger partial charge in [-0.15, -0.1) is 0 Å². The molecule has 9 heteroatoms. The van der Waals surface area contributed by atoms with Crippen LogP contribution in [0, 0.1) is 0 Å². The summed E-state index contributed by atoms with van der Waals surface area (Å²) in [4.78, 5) is 12.9. The van der Waals surface area contributed by atoms with E-state index in [0.717, 1.165) is 70.6 Å². The summed E-state index contributed by atoms with van der Waals surface area (Å²) in [6.07, 6.45) is 37.2. The molecule has 0 aromatic rings. The second kappa shape index (κ2) is 34.4. The molecular formula is C44H77NO8. The fourth-order valence-electron chi connectivity index (χ4n) is 6.12. The summed E-state index contributed by atoms with van der Waals surface area (Å²) in [5.41, 5.74) is 0. The number of rotatable bonds is 33. The molecule has 53 heavy (non-hydrogen) atoms. The van der Waals surface area contributed by atoms with Crippen molar-refractivity contribution in [2.24, 2.45) is 0 Å². The van der Waals surface area contributed by atoms with E-state index in [-0.39, 0.29) is 12.5 Å². The molecule has 0 aliphatic carbocycles. The third-order valence-electron chi connectivity index (χ3n) is 9.55. The Morgan fingerprint density at radius 1 is 0.642 bits per heavy atom. The highest BCUT2D eigenvalue weighted by atomic mass is 16.7. The van der Waals surface area contributed by atoms with Crippen molar-refractivity contribution in [3.8, 4) is 0 Å². The van der Waals surface area contributed by atoms with Crippen LogP contribution in [0.3, 0.4) is 0 Å². The van der Waals surface area contributed by atoms with E-state index in [9.17, 15) is 30.3 Å². The van der Waals surface area contributed by atoms with Crippen molar-refractivity contribution in [3.63, 3.8) is 0 Å². The van der Waals surface area contributed by atoms with Gasteiger partial charge in [0.25, 0.3) is 0 Å². The Kier molecular flexibility index (Phi) is 31.7. The van der Waals surface area contributed by atoms with Crippen LogP contribution < -0.4 is 5.32 Å². The van der Waals surface area contributed by atoms with Gasteiger partial charge >= 0.3 is 0 Å². The number of hydrogen-bond acceptors (Lipinski definition) is 8. The number of aliphatic hydroxyl groups is 5. The molecular weight excluding hydrogens is 670 g/mol. The SMILES string of the molecule is CCC/C=C/CC/C=C/C(O)C(COC1OC(CO)C(O)C(O)C1O)NC(=O)CCCCCCCCCC/C=C\C/C=C\C/C=C\CCCCCCC. The average molecular weight is 748 g/mol. The number of allylic oxidation sites excluding steroid dienone is 9. The van der Waals surface area contributed by atoms with Crippen LogP contribution in [0.15, 0.2) is 60.8 Å². The lowest BCUT2D eigenvalue weighted by atomic mass is 9.99. The summed E-state index contributed by atoms with van der Waals surface area (Å²) in [6, 6.07) is -0.824. The molecule has 0 aromatic carbocycles. The molecule has 1 saturated heterocycles. The molecule has 7 unspecified atom stereocenters. The van der Waals surface area contributed by atoms with Gasteiger partial charge in [-0.3, -0.25) is 4.79 Å². The van der Waals surface area contributed by atoms with Gasteiger partial charge in [0.05, 0.1) is 25.4 Å². The minimum Gasteiger partial charge on any atom is -0.394 e. The summed E-state index contributed by atoms with van der Waals surface area (Å²) in [5, 5.41) is 53.7. The Labute approximate surface area is 322 Å².